The maximum atomic E-state index is 11.9. The number of aromatic nitrogens is 2. The van der Waals surface area contributed by atoms with Crippen LogP contribution in [0.1, 0.15) is 58.5 Å². The zero-order valence-corrected chi connectivity index (χ0v) is 16.0. The summed E-state index contributed by atoms with van der Waals surface area (Å²) in [6.45, 7) is 14.8. The second-order valence-electron chi connectivity index (χ2n) is 7.96. The maximum absolute atomic E-state index is 11.9. The van der Waals surface area contributed by atoms with E-state index in [1.807, 2.05) is 27.7 Å². The zero-order chi connectivity index (χ0) is 17.8. The quantitative estimate of drug-likeness (QED) is 0.742. The maximum Gasteiger partial charge on any atom is 0.315 e. The lowest BCUT2D eigenvalue weighted by atomic mass is 9.81. The molecule has 0 bridgehead atoms. The number of hydrogen-bond donors (Lipinski definition) is 3. The van der Waals surface area contributed by atoms with Crippen molar-refractivity contribution in [1.82, 2.24) is 20.8 Å². The van der Waals surface area contributed by atoms with Crippen LogP contribution in [0.5, 0.6) is 0 Å². The van der Waals surface area contributed by atoms with E-state index < -0.39 is 6.10 Å². The SMILES string of the molecule is CC(C)C(O)C(C)(C)CNC(=O)NCc1nnc(C(C)(C)C)s1. The van der Waals surface area contributed by atoms with Gasteiger partial charge >= 0.3 is 6.03 Å². The van der Waals surface area contributed by atoms with E-state index in [1.54, 1.807) is 0 Å². The van der Waals surface area contributed by atoms with Crippen LogP contribution in [0.4, 0.5) is 4.79 Å². The number of rotatable bonds is 6. The van der Waals surface area contributed by atoms with E-state index >= 15 is 0 Å². The van der Waals surface area contributed by atoms with Crippen LogP contribution in [0, 0.1) is 11.3 Å². The molecule has 0 aliphatic rings. The normalized spacial score (nSPS) is 14.0. The topological polar surface area (TPSA) is 87.1 Å². The second-order valence-corrected chi connectivity index (χ2v) is 9.03. The van der Waals surface area contributed by atoms with Gasteiger partial charge in [0.25, 0.3) is 0 Å². The Morgan fingerprint density at radius 3 is 2.26 bits per heavy atom. The predicted octanol–water partition coefficient (Wildman–Crippen LogP) is 2.68. The van der Waals surface area contributed by atoms with E-state index in [1.165, 1.54) is 11.3 Å². The molecule has 0 spiro atoms. The minimum atomic E-state index is -0.472. The Hall–Kier alpha value is -1.21. The van der Waals surface area contributed by atoms with Crippen molar-refractivity contribution in [2.75, 3.05) is 6.54 Å². The fraction of sp³-hybridized carbons (Fsp3) is 0.812. The van der Waals surface area contributed by atoms with Gasteiger partial charge in [0.1, 0.15) is 10.0 Å². The van der Waals surface area contributed by atoms with E-state index in [0.717, 1.165) is 10.0 Å². The van der Waals surface area contributed by atoms with Crippen LogP contribution in [0.3, 0.4) is 0 Å². The summed E-state index contributed by atoms with van der Waals surface area (Å²) in [6.07, 6.45) is -0.472. The van der Waals surface area contributed by atoms with E-state index in [0.29, 0.717) is 13.1 Å². The number of nitrogens with zero attached hydrogens (tertiary/aromatic N) is 2. The van der Waals surface area contributed by atoms with Crippen LogP contribution in [0.25, 0.3) is 0 Å². The molecule has 1 rings (SSSR count). The third-order valence-corrected chi connectivity index (χ3v) is 4.99. The molecule has 1 atom stereocenters. The Balaban J connectivity index is 2.45. The molecule has 0 fully saturated rings. The van der Waals surface area contributed by atoms with Crippen LogP contribution in [0.2, 0.25) is 0 Å². The lowest BCUT2D eigenvalue weighted by Gasteiger charge is -2.33. The van der Waals surface area contributed by atoms with Gasteiger partial charge in [-0.05, 0) is 5.92 Å². The van der Waals surface area contributed by atoms with Gasteiger partial charge in [0.2, 0.25) is 0 Å². The number of nitrogens with one attached hydrogen (secondary N) is 2. The van der Waals surface area contributed by atoms with Gasteiger partial charge in [0, 0.05) is 17.4 Å². The molecule has 6 nitrogen and oxygen atoms in total. The molecule has 23 heavy (non-hydrogen) atoms. The summed E-state index contributed by atoms with van der Waals surface area (Å²) >= 11 is 1.51. The average molecular weight is 343 g/mol. The highest BCUT2D eigenvalue weighted by Crippen LogP contribution is 2.26. The predicted molar refractivity (Wildman–Crippen MR) is 93.5 cm³/mol. The molecule has 0 radical (unpaired) electrons. The Bertz CT molecular complexity index is 520. The first-order valence-electron chi connectivity index (χ1n) is 7.96. The molecule has 0 saturated carbocycles. The van der Waals surface area contributed by atoms with Crippen LogP contribution < -0.4 is 10.6 Å². The average Bonchev–Trinajstić information content (AvgIpc) is 2.91. The first-order chi connectivity index (χ1) is 10.4. The van der Waals surface area contributed by atoms with Gasteiger partial charge in [0.15, 0.2) is 0 Å². The van der Waals surface area contributed by atoms with Crippen LogP contribution in [-0.4, -0.2) is 34.0 Å². The molecule has 0 aliphatic carbocycles. The van der Waals surface area contributed by atoms with Gasteiger partial charge in [-0.1, -0.05) is 59.8 Å². The number of amides is 2. The highest BCUT2D eigenvalue weighted by molar-refractivity contribution is 7.11. The molecule has 0 saturated heterocycles. The number of aliphatic hydroxyl groups is 1. The highest BCUT2D eigenvalue weighted by atomic mass is 32.1. The Morgan fingerprint density at radius 1 is 1.17 bits per heavy atom. The van der Waals surface area contributed by atoms with Crippen molar-refractivity contribution in [3.05, 3.63) is 10.0 Å². The van der Waals surface area contributed by atoms with Gasteiger partial charge in [-0.2, -0.15) is 0 Å². The third-order valence-electron chi connectivity index (χ3n) is 3.65. The highest BCUT2D eigenvalue weighted by Gasteiger charge is 2.30. The minimum absolute atomic E-state index is 0.0326. The van der Waals surface area contributed by atoms with Crippen molar-refractivity contribution in [2.24, 2.45) is 11.3 Å². The molecule has 2 amide bonds. The Morgan fingerprint density at radius 2 is 1.78 bits per heavy atom. The monoisotopic (exact) mass is 342 g/mol. The second kappa shape index (κ2) is 7.57. The summed E-state index contributed by atoms with van der Waals surface area (Å²) in [4.78, 5) is 11.9. The Labute approximate surface area is 143 Å². The number of urea groups is 1. The van der Waals surface area contributed by atoms with Crippen molar-refractivity contribution >= 4 is 17.4 Å². The number of aliphatic hydroxyl groups excluding tert-OH is 1. The van der Waals surface area contributed by atoms with Crippen molar-refractivity contribution in [1.29, 1.82) is 0 Å². The summed E-state index contributed by atoms with van der Waals surface area (Å²) in [5.74, 6) is 0.145. The van der Waals surface area contributed by atoms with Gasteiger partial charge < -0.3 is 15.7 Å². The zero-order valence-electron chi connectivity index (χ0n) is 15.2. The lowest BCUT2D eigenvalue weighted by molar-refractivity contribution is 0.0151. The van der Waals surface area contributed by atoms with E-state index in [9.17, 15) is 9.90 Å². The first kappa shape index (κ1) is 19.8. The van der Waals surface area contributed by atoms with Crippen LogP contribution in [0.15, 0.2) is 0 Å². The molecule has 0 aromatic carbocycles. The smallest absolute Gasteiger partial charge is 0.315 e. The molecular weight excluding hydrogens is 312 g/mol. The molecule has 132 valence electrons. The summed E-state index contributed by atoms with van der Waals surface area (Å²) in [5, 5.41) is 25.8. The third kappa shape index (κ3) is 6.06. The van der Waals surface area contributed by atoms with Crippen molar-refractivity contribution in [3.63, 3.8) is 0 Å². The van der Waals surface area contributed by atoms with Crippen LogP contribution >= 0.6 is 11.3 Å². The van der Waals surface area contributed by atoms with E-state index in [2.05, 4.69) is 41.6 Å². The lowest BCUT2D eigenvalue weighted by Crippen LogP contribution is -2.46. The van der Waals surface area contributed by atoms with Gasteiger partial charge in [-0.25, -0.2) is 4.79 Å². The largest absolute Gasteiger partial charge is 0.392 e. The summed E-state index contributed by atoms with van der Waals surface area (Å²) in [5.41, 5.74) is -0.414. The van der Waals surface area contributed by atoms with Crippen LogP contribution in [-0.2, 0) is 12.0 Å². The van der Waals surface area contributed by atoms with E-state index in [4.69, 9.17) is 0 Å². The summed E-state index contributed by atoms with van der Waals surface area (Å²) in [6, 6.07) is -0.262. The molecular formula is C16H30N4O2S. The molecule has 1 heterocycles. The standard InChI is InChI=1S/C16H30N4O2S/c1-10(2)12(21)16(6,7)9-18-14(22)17-8-11-19-20-13(23-11)15(3,4)5/h10,12,21H,8-9H2,1-7H3,(H2,17,18,22). The molecule has 1 aromatic rings. The summed E-state index contributed by atoms with van der Waals surface area (Å²) < 4.78 is 0. The van der Waals surface area contributed by atoms with Crippen molar-refractivity contribution < 1.29 is 9.90 Å². The number of carbonyl (C=O) groups is 1. The number of carbonyl (C=O) groups excluding carboxylic acids is 1. The fourth-order valence-electron chi connectivity index (χ4n) is 2.16. The van der Waals surface area contributed by atoms with E-state index in [-0.39, 0.29) is 22.8 Å². The molecule has 7 heteroatoms. The number of hydrogen-bond acceptors (Lipinski definition) is 5. The van der Waals surface area contributed by atoms with Gasteiger partial charge in [0.05, 0.1) is 12.6 Å². The molecule has 3 N–H and O–H groups in total. The molecule has 0 aliphatic heterocycles. The fourth-order valence-corrected chi connectivity index (χ4v) is 3.00. The molecule has 1 unspecified atom stereocenters. The van der Waals surface area contributed by atoms with Gasteiger partial charge in [-0.15, -0.1) is 10.2 Å². The first-order valence-corrected chi connectivity index (χ1v) is 8.78. The Kier molecular flexibility index (Phi) is 6.53. The van der Waals surface area contributed by atoms with Gasteiger partial charge in [-0.3, -0.25) is 0 Å². The summed E-state index contributed by atoms with van der Waals surface area (Å²) in [7, 11) is 0. The van der Waals surface area contributed by atoms with Crippen molar-refractivity contribution in [3.8, 4) is 0 Å². The van der Waals surface area contributed by atoms with Crippen molar-refractivity contribution in [2.45, 2.75) is 66.5 Å². The minimum Gasteiger partial charge on any atom is -0.392 e. The molecule has 1 aromatic heterocycles.